The molecule has 0 spiro atoms. The number of benzene rings is 1. The van der Waals surface area contributed by atoms with Crippen LogP contribution in [0.25, 0.3) is 10.9 Å². The van der Waals surface area contributed by atoms with E-state index < -0.39 is 5.97 Å². The van der Waals surface area contributed by atoms with Gasteiger partial charge in [-0.2, -0.15) is 0 Å². The molecule has 0 aliphatic rings. The van der Waals surface area contributed by atoms with Gasteiger partial charge in [0.2, 0.25) is 0 Å². The molecule has 0 amide bonds. The van der Waals surface area contributed by atoms with Crippen LogP contribution in [0.2, 0.25) is 0 Å². The van der Waals surface area contributed by atoms with Gasteiger partial charge < -0.3 is 10.1 Å². The molecular weight excluding hydrogens is 209 g/mol. The van der Waals surface area contributed by atoms with Crippen molar-refractivity contribution in [2.45, 2.75) is 19.8 Å². The first-order valence-corrected chi connectivity index (χ1v) is 5.06. The third kappa shape index (κ3) is 1.91. The average molecular weight is 221 g/mol. The second kappa shape index (κ2) is 3.96. The lowest BCUT2D eigenvalue weighted by Gasteiger charge is -2.02. The van der Waals surface area contributed by atoms with E-state index in [1.807, 2.05) is 6.92 Å². The predicted octanol–water partition coefficient (Wildman–Crippen LogP) is 2.63. The number of H-pyrrole nitrogens is 1. The largest absolute Gasteiger partial charge is 0.481 e. The minimum absolute atomic E-state index is 0.0498. The number of carbonyl (C=O) groups is 1. The first kappa shape index (κ1) is 10.7. The number of fused-ring (bicyclic) bond motifs is 1. The van der Waals surface area contributed by atoms with Crippen LogP contribution in [0.5, 0.6) is 0 Å². The average Bonchev–Trinajstić information content (AvgIpc) is 2.58. The van der Waals surface area contributed by atoms with E-state index >= 15 is 0 Å². The lowest BCUT2D eigenvalue weighted by molar-refractivity contribution is -0.136. The first-order chi connectivity index (χ1) is 7.58. The minimum Gasteiger partial charge on any atom is -0.481 e. The Balaban J connectivity index is 2.39. The van der Waals surface area contributed by atoms with Gasteiger partial charge in [-0.05, 0) is 31.0 Å². The smallest absolute Gasteiger partial charge is 0.303 e. The summed E-state index contributed by atoms with van der Waals surface area (Å²) in [6, 6.07) is 5.15. The number of hydrogen-bond acceptors (Lipinski definition) is 1. The van der Waals surface area contributed by atoms with Crippen LogP contribution in [0.4, 0.5) is 4.39 Å². The Hall–Kier alpha value is -1.84. The second-order valence-electron chi connectivity index (χ2n) is 3.85. The van der Waals surface area contributed by atoms with Gasteiger partial charge in [0, 0.05) is 23.0 Å². The summed E-state index contributed by atoms with van der Waals surface area (Å²) in [6.07, 6.45) is 0.174. The zero-order valence-electron chi connectivity index (χ0n) is 8.88. The van der Waals surface area contributed by atoms with Crippen molar-refractivity contribution in [1.29, 1.82) is 0 Å². The number of halogens is 1. The number of rotatable bonds is 3. The van der Waals surface area contributed by atoms with Crippen molar-refractivity contribution in [3.63, 3.8) is 0 Å². The molecule has 84 valence electrons. The normalized spacial score (nSPS) is 10.9. The van der Waals surface area contributed by atoms with Gasteiger partial charge >= 0.3 is 5.97 Å². The molecule has 1 heterocycles. The molecular formula is C12H12FNO2. The summed E-state index contributed by atoms with van der Waals surface area (Å²) in [5.41, 5.74) is 2.09. The van der Waals surface area contributed by atoms with Gasteiger partial charge in [0.15, 0.2) is 0 Å². The Morgan fingerprint density at radius 3 is 2.94 bits per heavy atom. The molecule has 0 aliphatic carbocycles. The van der Waals surface area contributed by atoms with Crippen molar-refractivity contribution < 1.29 is 14.3 Å². The molecule has 0 aliphatic heterocycles. The number of aliphatic carboxylic acids is 1. The molecule has 16 heavy (non-hydrogen) atoms. The zero-order valence-corrected chi connectivity index (χ0v) is 8.88. The van der Waals surface area contributed by atoms with Gasteiger partial charge in [-0.1, -0.05) is 6.07 Å². The zero-order chi connectivity index (χ0) is 11.7. The Morgan fingerprint density at radius 2 is 2.25 bits per heavy atom. The molecule has 0 atom stereocenters. The van der Waals surface area contributed by atoms with Crippen LogP contribution in [-0.2, 0) is 11.2 Å². The summed E-state index contributed by atoms with van der Waals surface area (Å²) in [4.78, 5) is 13.5. The van der Waals surface area contributed by atoms with Gasteiger partial charge in [-0.3, -0.25) is 4.79 Å². The fourth-order valence-corrected chi connectivity index (χ4v) is 1.79. The van der Waals surface area contributed by atoms with Gasteiger partial charge in [-0.15, -0.1) is 0 Å². The highest BCUT2D eigenvalue weighted by Crippen LogP contribution is 2.22. The van der Waals surface area contributed by atoms with E-state index in [1.165, 1.54) is 0 Å². The summed E-state index contributed by atoms with van der Waals surface area (Å²) in [7, 11) is 0. The second-order valence-corrected chi connectivity index (χ2v) is 3.85. The topological polar surface area (TPSA) is 53.1 Å². The number of nitrogens with one attached hydrogen (secondary N) is 1. The maximum Gasteiger partial charge on any atom is 0.303 e. The van der Waals surface area contributed by atoms with Crippen molar-refractivity contribution in [3.05, 3.63) is 35.3 Å². The third-order valence-corrected chi connectivity index (χ3v) is 2.56. The summed E-state index contributed by atoms with van der Waals surface area (Å²) in [5, 5.41) is 9.08. The molecule has 0 unspecified atom stereocenters. The first-order valence-electron chi connectivity index (χ1n) is 5.06. The quantitative estimate of drug-likeness (QED) is 0.837. The van der Waals surface area contributed by atoms with Crippen molar-refractivity contribution in [2.75, 3.05) is 0 Å². The van der Waals surface area contributed by atoms with E-state index in [0.717, 1.165) is 11.2 Å². The van der Waals surface area contributed by atoms with Crippen LogP contribution < -0.4 is 0 Å². The number of carboxylic acid groups (broad SMARTS) is 1. The Bertz CT molecular complexity index is 545. The third-order valence-electron chi connectivity index (χ3n) is 2.56. The number of carboxylic acids is 1. The highest BCUT2D eigenvalue weighted by molar-refractivity contribution is 5.82. The van der Waals surface area contributed by atoms with Crippen molar-refractivity contribution in [3.8, 4) is 0 Å². The van der Waals surface area contributed by atoms with E-state index in [4.69, 9.17) is 5.11 Å². The van der Waals surface area contributed by atoms with E-state index in [2.05, 4.69) is 4.98 Å². The molecule has 3 nitrogen and oxygen atoms in total. The summed E-state index contributed by atoms with van der Waals surface area (Å²) < 4.78 is 13.9. The lowest BCUT2D eigenvalue weighted by atomic mass is 10.1. The SMILES string of the molecule is Cc1cc2c(F)c(CCC(=O)O)ccc2[nH]1. The number of aryl methyl sites for hydroxylation is 2. The van der Waals surface area contributed by atoms with Crippen molar-refractivity contribution in [1.82, 2.24) is 4.98 Å². The minimum atomic E-state index is -0.912. The van der Waals surface area contributed by atoms with Crippen molar-refractivity contribution in [2.24, 2.45) is 0 Å². The molecule has 0 saturated heterocycles. The Morgan fingerprint density at radius 1 is 1.50 bits per heavy atom. The van der Waals surface area contributed by atoms with Crippen LogP contribution >= 0.6 is 0 Å². The molecule has 2 N–H and O–H groups in total. The summed E-state index contributed by atoms with van der Waals surface area (Å²) >= 11 is 0. The molecule has 1 aromatic heterocycles. The van der Waals surface area contributed by atoms with Crippen LogP contribution in [0.15, 0.2) is 18.2 Å². The number of aromatic nitrogens is 1. The van der Waals surface area contributed by atoms with E-state index in [1.54, 1.807) is 18.2 Å². The Kier molecular flexibility index (Phi) is 2.64. The lowest BCUT2D eigenvalue weighted by Crippen LogP contribution is -1.99. The molecule has 1 aromatic carbocycles. The van der Waals surface area contributed by atoms with Crippen LogP contribution in [-0.4, -0.2) is 16.1 Å². The van der Waals surface area contributed by atoms with Crippen LogP contribution in [0, 0.1) is 12.7 Å². The number of hydrogen-bond donors (Lipinski definition) is 2. The molecule has 0 bridgehead atoms. The molecule has 2 aromatic rings. The monoisotopic (exact) mass is 221 g/mol. The van der Waals surface area contributed by atoms with E-state index in [0.29, 0.717) is 10.9 Å². The Labute approximate surface area is 91.9 Å². The molecule has 4 heteroatoms. The highest BCUT2D eigenvalue weighted by Gasteiger charge is 2.10. The summed E-state index contributed by atoms with van der Waals surface area (Å²) in [6.45, 7) is 1.86. The van der Waals surface area contributed by atoms with Gasteiger partial charge in [0.25, 0.3) is 0 Å². The molecule has 2 rings (SSSR count). The summed E-state index contributed by atoms with van der Waals surface area (Å²) in [5.74, 6) is -1.23. The van der Waals surface area contributed by atoms with Crippen molar-refractivity contribution >= 4 is 16.9 Å². The molecule has 0 radical (unpaired) electrons. The fraction of sp³-hybridized carbons (Fsp3) is 0.250. The maximum atomic E-state index is 13.9. The molecule has 0 fully saturated rings. The standard InChI is InChI=1S/C12H12FNO2/c1-7-6-9-10(14-7)4-2-8(12(9)13)3-5-11(15)16/h2,4,6,14H,3,5H2,1H3,(H,15,16). The van der Waals surface area contributed by atoms with Crippen LogP contribution in [0.1, 0.15) is 17.7 Å². The van der Waals surface area contributed by atoms with Gasteiger partial charge in [-0.25, -0.2) is 4.39 Å². The predicted molar refractivity (Wildman–Crippen MR) is 59.0 cm³/mol. The number of aromatic amines is 1. The molecule has 0 saturated carbocycles. The fourth-order valence-electron chi connectivity index (χ4n) is 1.79. The van der Waals surface area contributed by atoms with Crippen LogP contribution in [0.3, 0.4) is 0 Å². The highest BCUT2D eigenvalue weighted by atomic mass is 19.1. The van der Waals surface area contributed by atoms with E-state index in [-0.39, 0.29) is 18.7 Å². The maximum absolute atomic E-state index is 13.9. The van der Waals surface area contributed by atoms with E-state index in [9.17, 15) is 9.18 Å². The van der Waals surface area contributed by atoms with Gasteiger partial charge in [0.05, 0.1) is 0 Å². The van der Waals surface area contributed by atoms with Gasteiger partial charge in [0.1, 0.15) is 5.82 Å².